The summed E-state index contributed by atoms with van der Waals surface area (Å²) < 4.78 is 5.81. The van der Waals surface area contributed by atoms with Crippen LogP contribution >= 0.6 is 0 Å². The van der Waals surface area contributed by atoms with Crippen molar-refractivity contribution in [3.63, 3.8) is 0 Å². The number of rotatable bonds is 5. The second kappa shape index (κ2) is 7.29. The molecule has 7 heteroatoms. The zero-order valence-corrected chi connectivity index (χ0v) is 15.0. The lowest BCUT2D eigenvalue weighted by Crippen LogP contribution is -2.33. The van der Waals surface area contributed by atoms with Crippen molar-refractivity contribution in [3.05, 3.63) is 30.0 Å². The highest BCUT2D eigenvalue weighted by Crippen LogP contribution is 2.25. The molecule has 3 heterocycles. The van der Waals surface area contributed by atoms with E-state index in [9.17, 15) is 0 Å². The maximum atomic E-state index is 6.02. The van der Waals surface area contributed by atoms with Gasteiger partial charge in [0.2, 0.25) is 5.88 Å². The second-order valence-electron chi connectivity index (χ2n) is 6.80. The van der Waals surface area contributed by atoms with Crippen LogP contribution in [0.1, 0.15) is 29.1 Å². The van der Waals surface area contributed by atoms with Gasteiger partial charge in [-0.1, -0.05) is 12.5 Å². The monoisotopic (exact) mass is 358 g/mol. The molecule has 0 amide bonds. The Balaban J connectivity index is 0.00000140. The number of aromatic amines is 1. The molecule has 1 aromatic carbocycles. The fraction of sp³-hybridized carbons (Fsp3) is 0.421. The molecular formula is C19H30N6O. The maximum absolute atomic E-state index is 6.02. The number of nitrogens with zero attached hydrogens (tertiary/aromatic N) is 4. The normalized spacial score (nSPS) is 15.4. The lowest BCUT2D eigenvalue weighted by Gasteiger charge is -2.26. The molecule has 1 saturated heterocycles. The molecule has 0 aliphatic carbocycles. The zero-order valence-electron chi connectivity index (χ0n) is 15.0. The van der Waals surface area contributed by atoms with Gasteiger partial charge >= 0.3 is 0 Å². The first-order valence-electron chi connectivity index (χ1n) is 9.13. The highest BCUT2D eigenvalue weighted by atomic mass is 16.5. The topological polar surface area (TPSA) is 93.0 Å². The van der Waals surface area contributed by atoms with Crippen LogP contribution in [-0.2, 0) is 0 Å². The molecule has 0 saturated carbocycles. The fourth-order valence-electron chi connectivity index (χ4n) is 3.32. The van der Waals surface area contributed by atoms with E-state index in [4.69, 9.17) is 10.5 Å². The number of nitrogens with one attached hydrogen (secondary N) is 1. The molecule has 1 aliphatic heterocycles. The smallest absolute Gasteiger partial charge is 0.233 e. The lowest BCUT2D eigenvalue weighted by atomic mass is 10.1. The van der Waals surface area contributed by atoms with Gasteiger partial charge in [0.05, 0.1) is 17.2 Å². The molecule has 0 bridgehead atoms. The molecule has 0 atom stereocenters. The molecule has 0 unspecified atom stereocenters. The Morgan fingerprint density at radius 3 is 2.92 bits per heavy atom. The molecule has 3 aromatic rings. The first-order chi connectivity index (χ1) is 12.7. The lowest BCUT2D eigenvalue weighted by molar-refractivity contribution is 0.180. The van der Waals surface area contributed by atoms with Crippen molar-refractivity contribution in [2.45, 2.75) is 26.2 Å². The average Bonchev–Trinajstić information content (AvgIpc) is 3.07. The number of anilines is 1. The summed E-state index contributed by atoms with van der Waals surface area (Å²) in [6.45, 7) is 5.86. The predicted molar refractivity (Wildman–Crippen MR) is 108 cm³/mol. The maximum Gasteiger partial charge on any atom is 0.233 e. The number of fused-ring (bicyclic) bond motifs is 1. The van der Waals surface area contributed by atoms with Crippen LogP contribution < -0.4 is 10.5 Å². The summed E-state index contributed by atoms with van der Waals surface area (Å²) in [6, 6.07) is 6.06. The van der Waals surface area contributed by atoms with Crippen molar-refractivity contribution in [3.8, 4) is 17.4 Å². The van der Waals surface area contributed by atoms with Gasteiger partial charge in [-0.3, -0.25) is 4.90 Å². The summed E-state index contributed by atoms with van der Waals surface area (Å²) in [4.78, 5) is 19.0. The van der Waals surface area contributed by atoms with Gasteiger partial charge in [0, 0.05) is 10.8 Å². The van der Waals surface area contributed by atoms with Gasteiger partial charge < -0.3 is 15.5 Å². The van der Waals surface area contributed by atoms with Crippen molar-refractivity contribution >= 4 is 16.9 Å². The number of ether oxygens (including phenoxy) is 1. The van der Waals surface area contributed by atoms with Crippen molar-refractivity contribution in [2.24, 2.45) is 0 Å². The largest absolute Gasteiger partial charge is 0.475 e. The van der Waals surface area contributed by atoms with Gasteiger partial charge in [-0.05, 0) is 50.6 Å². The van der Waals surface area contributed by atoms with E-state index in [-0.39, 0.29) is 4.28 Å². The van der Waals surface area contributed by atoms with E-state index in [1.807, 2.05) is 19.1 Å². The van der Waals surface area contributed by atoms with Gasteiger partial charge in [0.15, 0.2) is 17.3 Å². The second-order valence-corrected chi connectivity index (χ2v) is 6.80. The van der Waals surface area contributed by atoms with Crippen molar-refractivity contribution in [1.29, 1.82) is 0 Å². The number of imidazole rings is 1. The van der Waals surface area contributed by atoms with Crippen LogP contribution in [0.4, 0.5) is 5.82 Å². The number of hydrogen-bond donors (Lipinski definition) is 2. The SMILES string of the molecule is Cc1ccc2nc(-c3nc(OCCN4CCCCC4)cnc3N)[nH]c2c1.[HH].[HH].[HH]. The first-order valence-corrected chi connectivity index (χ1v) is 9.13. The molecule has 1 fully saturated rings. The standard InChI is InChI=1S/C19H24N6O.3H2/c1-13-5-6-14-15(11-13)23-19(22-14)17-18(20)21-12-16(24-17)26-10-9-25-7-3-2-4-8-25;;;/h5-6,11-12H,2-4,7-10H2,1H3,(H2,20,21)(H,22,23);3*1H. The number of nitrogen functional groups attached to an aromatic ring is 1. The highest BCUT2D eigenvalue weighted by Gasteiger charge is 2.14. The zero-order chi connectivity index (χ0) is 17.9. The summed E-state index contributed by atoms with van der Waals surface area (Å²) >= 11 is 0. The third kappa shape index (κ3) is 3.62. The number of nitrogens with two attached hydrogens (primary N) is 1. The number of likely N-dealkylation sites (tertiary alicyclic amines) is 1. The van der Waals surface area contributed by atoms with E-state index in [1.54, 1.807) is 6.20 Å². The van der Waals surface area contributed by atoms with Gasteiger partial charge in [-0.2, -0.15) is 0 Å². The third-order valence-corrected chi connectivity index (χ3v) is 4.75. The minimum Gasteiger partial charge on any atom is -0.475 e. The number of aromatic nitrogens is 4. The number of benzene rings is 1. The molecule has 142 valence electrons. The Kier molecular flexibility index (Phi) is 4.71. The van der Waals surface area contributed by atoms with E-state index in [0.717, 1.165) is 30.7 Å². The summed E-state index contributed by atoms with van der Waals surface area (Å²) in [5.74, 6) is 1.42. The molecule has 7 nitrogen and oxygen atoms in total. The molecule has 0 radical (unpaired) electrons. The third-order valence-electron chi connectivity index (χ3n) is 4.75. The Labute approximate surface area is 157 Å². The van der Waals surface area contributed by atoms with Gasteiger partial charge in [-0.15, -0.1) is 0 Å². The van der Waals surface area contributed by atoms with E-state index in [1.165, 1.54) is 24.8 Å². The van der Waals surface area contributed by atoms with Gasteiger partial charge in [0.1, 0.15) is 6.61 Å². The van der Waals surface area contributed by atoms with Crippen LogP contribution in [0.5, 0.6) is 5.88 Å². The highest BCUT2D eigenvalue weighted by molar-refractivity contribution is 5.81. The van der Waals surface area contributed by atoms with Crippen LogP contribution in [-0.4, -0.2) is 51.1 Å². The molecule has 26 heavy (non-hydrogen) atoms. The summed E-state index contributed by atoms with van der Waals surface area (Å²) in [5, 5.41) is 0. The van der Waals surface area contributed by atoms with Gasteiger partial charge in [0.25, 0.3) is 0 Å². The molecule has 0 spiro atoms. The van der Waals surface area contributed by atoms with Crippen molar-refractivity contribution in [1.82, 2.24) is 24.8 Å². The Morgan fingerprint density at radius 1 is 1.23 bits per heavy atom. The van der Waals surface area contributed by atoms with E-state index < -0.39 is 0 Å². The van der Waals surface area contributed by atoms with E-state index in [2.05, 4.69) is 30.9 Å². The number of hydrogen-bond acceptors (Lipinski definition) is 6. The Bertz CT molecular complexity index is 914. The minimum atomic E-state index is 0. The number of aryl methyl sites for hydroxylation is 1. The van der Waals surface area contributed by atoms with Crippen molar-refractivity contribution in [2.75, 3.05) is 32.0 Å². The molecule has 1 aliphatic rings. The number of piperidine rings is 1. The Morgan fingerprint density at radius 2 is 2.08 bits per heavy atom. The van der Waals surface area contributed by atoms with Crippen LogP contribution in [0.15, 0.2) is 24.4 Å². The first kappa shape index (κ1) is 16.8. The minimum absolute atomic E-state index is 0. The molecule has 4 rings (SSSR count). The molecular weight excluding hydrogens is 328 g/mol. The van der Waals surface area contributed by atoms with Crippen LogP contribution in [0.25, 0.3) is 22.6 Å². The van der Waals surface area contributed by atoms with Crippen LogP contribution in [0.3, 0.4) is 0 Å². The number of H-pyrrole nitrogens is 1. The van der Waals surface area contributed by atoms with E-state index >= 15 is 0 Å². The fourth-order valence-corrected chi connectivity index (χ4v) is 3.32. The Hall–Kier alpha value is -2.67. The van der Waals surface area contributed by atoms with Gasteiger partial charge in [-0.25, -0.2) is 15.0 Å². The van der Waals surface area contributed by atoms with E-state index in [0.29, 0.717) is 29.8 Å². The summed E-state index contributed by atoms with van der Waals surface area (Å²) in [5.41, 5.74) is 9.55. The van der Waals surface area contributed by atoms with Crippen LogP contribution in [0.2, 0.25) is 0 Å². The summed E-state index contributed by atoms with van der Waals surface area (Å²) in [6.07, 6.45) is 5.46. The predicted octanol–water partition coefficient (Wildman–Crippen LogP) is 3.51. The summed E-state index contributed by atoms with van der Waals surface area (Å²) in [7, 11) is 0. The average molecular weight is 358 g/mol. The molecule has 2 aromatic heterocycles. The van der Waals surface area contributed by atoms with Crippen LogP contribution in [0, 0.1) is 6.92 Å². The van der Waals surface area contributed by atoms with Crippen molar-refractivity contribution < 1.29 is 9.02 Å². The quantitative estimate of drug-likeness (QED) is 0.725. The molecule has 3 N–H and O–H groups in total.